The van der Waals surface area contributed by atoms with Crippen molar-refractivity contribution in [1.29, 1.82) is 0 Å². The first kappa shape index (κ1) is 24.3. The molecule has 0 saturated carbocycles. The third-order valence-corrected chi connectivity index (χ3v) is 5.85. The third-order valence-electron chi connectivity index (χ3n) is 5.85. The van der Waals surface area contributed by atoms with Crippen molar-refractivity contribution < 1.29 is 22.8 Å². The van der Waals surface area contributed by atoms with E-state index in [1.54, 1.807) is 12.1 Å². The smallest absolute Gasteiger partial charge is 0.355 e. The van der Waals surface area contributed by atoms with Gasteiger partial charge in [-0.25, -0.2) is 4.98 Å². The van der Waals surface area contributed by atoms with Gasteiger partial charge >= 0.3 is 6.18 Å². The number of amides is 2. The van der Waals surface area contributed by atoms with Crippen molar-refractivity contribution in [2.45, 2.75) is 19.0 Å². The van der Waals surface area contributed by atoms with Gasteiger partial charge in [-0.1, -0.05) is 42.5 Å². The molecule has 35 heavy (non-hydrogen) atoms. The van der Waals surface area contributed by atoms with Crippen molar-refractivity contribution in [2.24, 2.45) is 0 Å². The maximum Gasteiger partial charge on any atom is 0.417 e. The number of anilines is 2. The number of carbonyl (C=O) groups is 2. The van der Waals surface area contributed by atoms with Gasteiger partial charge in [-0.05, 0) is 36.2 Å². The molecule has 6 nitrogen and oxygen atoms in total. The molecule has 1 saturated heterocycles. The van der Waals surface area contributed by atoms with Crippen molar-refractivity contribution in [1.82, 2.24) is 9.88 Å². The maximum absolute atomic E-state index is 13.2. The fourth-order valence-corrected chi connectivity index (χ4v) is 4.05. The molecule has 1 aromatic heterocycles. The molecule has 0 unspecified atom stereocenters. The Hall–Kier alpha value is -3.88. The minimum atomic E-state index is -4.63. The van der Waals surface area contributed by atoms with E-state index in [9.17, 15) is 22.8 Å². The number of hydrogen-bond acceptors (Lipinski definition) is 4. The average molecular weight is 483 g/mol. The van der Waals surface area contributed by atoms with Crippen LogP contribution < -0.4 is 10.2 Å². The number of aromatic nitrogens is 1. The maximum atomic E-state index is 13.2. The van der Waals surface area contributed by atoms with Crippen LogP contribution in [0.1, 0.15) is 27.9 Å². The first-order valence-electron chi connectivity index (χ1n) is 11.3. The van der Waals surface area contributed by atoms with E-state index in [1.165, 1.54) is 18.3 Å². The van der Waals surface area contributed by atoms with Crippen LogP contribution in [0.25, 0.3) is 0 Å². The van der Waals surface area contributed by atoms with Gasteiger partial charge in [0, 0.05) is 26.2 Å². The van der Waals surface area contributed by atoms with E-state index in [0.717, 1.165) is 24.1 Å². The zero-order chi connectivity index (χ0) is 24.8. The van der Waals surface area contributed by atoms with E-state index >= 15 is 0 Å². The number of benzene rings is 2. The van der Waals surface area contributed by atoms with Gasteiger partial charge in [0.1, 0.15) is 5.82 Å². The summed E-state index contributed by atoms with van der Waals surface area (Å²) in [6, 6.07) is 17.6. The van der Waals surface area contributed by atoms with E-state index in [2.05, 4.69) is 15.2 Å². The van der Waals surface area contributed by atoms with Gasteiger partial charge in [0.05, 0.1) is 29.4 Å². The van der Waals surface area contributed by atoms with Gasteiger partial charge < -0.3 is 15.1 Å². The summed E-state index contributed by atoms with van der Waals surface area (Å²) in [5.74, 6) is -0.0888. The molecular formula is C26H25F3N4O2. The molecule has 1 aliphatic rings. The van der Waals surface area contributed by atoms with Crippen LogP contribution in [0.5, 0.6) is 0 Å². The largest absolute Gasteiger partial charge is 0.417 e. The second-order valence-corrected chi connectivity index (χ2v) is 8.29. The predicted molar refractivity (Wildman–Crippen MR) is 127 cm³/mol. The van der Waals surface area contributed by atoms with Crippen molar-refractivity contribution >= 4 is 23.3 Å². The lowest BCUT2D eigenvalue weighted by molar-refractivity contribution is -0.138. The van der Waals surface area contributed by atoms with Gasteiger partial charge in [0.15, 0.2) is 0 Å². The lowest BCUT2D eigenvalue weighted by atomic mass is 10.1. The minimum absolute atomic E-state index is 0.0863. The summed E-state index contributed by atoms with van der Waals surface area (Å²) >= 11 is 0. The molecule has 0 bridgehead atoms. The van der Waals surface area contributed by atoms with Crippen LogP contribution in [0.15, 0.2) is 72.9 Å². The van der Waals surface area contributed by atoms with Crippen LogP contribution in [0, 0.1) is 0 Å². The number of carbonyl (C=O) groups excluding carboxylic acids is 2. The van der Waals surface area contributed by atoms with E-state index in [4.69, 9.17) is 0 Å². The van der Waals surface area contributed by atoms with Crippen LogP contribution in [-0.2, 0) is 17.4 Å². The van der Waals surface area contributed by atoms with Crippen molar-refractivity contribution in [3.05, 3.63) is 89.6 Å². The molecule has 2 amide bonds. The Kier molecular flexibility index (Phi) is 7.33. The van der Waals surface area contributed by atoms with E-state index in [-0.39, 0.29) is 5.91 Å². The molecule has 2 aromatic carbocycles. The molecule has 9 heteroatoms. The van der Waals surface area contributed by atoms with Crippen LogP contribution >= 0.6 is 0 Å². The van der Waals surface area contributed by atoms with Gasteiger partial charge in [0.25, 0.3) is 5.91 Å². The molecular weight excluding hydrogens is 457 g/mol. The molecule has 1 aliphatic heterocycles. The summed E-state index contributed by atoms with van der Waals surface area (Å²) in [7, 11) is 0. The first-order valence-corrected chi connectivity index (χ1v) is 11.3. The molecule has 4 rings (SSSR count). The third kappa shape index (κ3) is 6.17. The number of nitrogens with one attached hydrogen (secondary N) is 1. The van der Waals surface area contributed by atoms with Gasteiger partial charge in [-0.3, -0.25) is 9.59 Å². The van der Waals surface area contributed by atoms with E-state index in [1.807, 2.05) is 35.2 Å². The summed E-state index contributed by atoms with van der Waals surface area (Å²) in [6.45, 7) is 2.56. The number of pyridine rings is 1. The fraction of sp³-hybridized carbons (Fsp3) is 0.269. The lowest BCUT2D eigenvalue weighted by Crippen LogP contribution is -2.36. The van der Waals surface area contributed by atoms with Crippen LogP contribution in [-0.4, -0.2) is 47.9 Å². The highest BCUT2D eigenvalue weighted by atomic mass is 19.4. The average Bonchev–Trinajstić information content (AvgIpc) is 3.11. The monoisotopic (exact) mass is 482 g/mol. The molecule has 0 aliphatic carbocycles. The summed E-state index contributed by atoms with van der Waals surface area (Å²) in [6.07, 6.45) is -2.05. The van der Waals surface area contributed by atoms with Crippen LogP contribution in [0.2, 0.25) is 0 Å². The topological polar surface area (TPSA) is 65.5 Å². The molecule has 182 valence electrons. The van der Waals surface area contributed by atoms with Crippen molar-refractivity contribution in [3.63, 3.8) is 0 Å². The lowest BCUT2D eigenvalue weighted by Gasteiger charge is -2.23. The first-order chi connectivity index (χ1) is 16.8. The SMILES string of the molecule is O=C(Nc1ccc(N2CCCN(C(=O)Cc3ccccc3)CC2)nc1)c1ccccc1C(F)(F)F. The Morgan fingerprint density at radius 2 is 1.63 bits per heavy atom. The highest BCUT2D eigenvalue weighted by Crippen LogP contribution is 2.32. The highest BCUT2D eigenvalue weighted by molar-refractivity contribution is 6.05. The van der Waals surface area contributed by atoms with Crippen LogP contribution in [0.4, 0.5) is 24.7 Å². The Morgan fingerprint density at radius 1 is 0.886 bits per heavy atom. The summed E-state index contributed by atoms with van der Waals surface area (Å²) in [5.41, 5.74) is -0.157. The summed E-state index contributed by atoms with van der Waals surface area (Å²) in [5, 5.41) is 2.49. The minimum Gasteiger partial charge on any atom is -0.355 e. The molecule has 2 heterocycles. The highest BCUT2D eigenvalue weighted by Gasteiger charge is 2.34. The number of alkyl halides is 3. The molecule has 1 N–H and O–H groups in total. The van der Waals surface area contributed by atoms with E-state index in [0.29, 0.717) is 44.1 Å². The van der Waals surface area contributed by atoms with Crippen molar-refractivity contribution in [2.75, 3.05) is 36.4 Å². The quantitative estimate of drug-likeness (QED) is 0.576. The zero-order valence-electron chi connectivity index (χ0n) is 19.0. The molecule has 3 aromatic rings. The molecule has 0 spiro atoms. The van der Waals surface area contributed by atoms with Crippen molar-refractivity contribution in [3.8, 4) is 0 Å². The number of nitrogens with zero attached hydrogens (tertiary/aromatic N) is 3. The zero-order valence-corrected chi connectivity index (χ0v) is 19.0. The Labute approximate surface area is 201 Å². The second-order valence-electron chi connectivity index (χ2n) is 8.29. The number of hydrogen-bond donors (Lipinski definition) is 1. The predicted octanol–water partition coefficient (Wildman–Crippen LogP) is 4.63. The van der Waals surface area contributed by atoms with E-state index < -0.39 is 23.2 Å². The Morgan fingerprint density at radius 3 is 2.34 bits per heavy atom. The van der Waals surface area contributed by atoms with Gasteiger partial charge in [0.2, 0.25) is 5.91 Å². The summed E-state index contributed by atoms with van der Waals surface area (Å²) < 4.78 is 39.6. The van der Waals surface area contributed by atoms with Gasteiger partial charge in [-0.15, -0.1) is 0 Å². The van der Waals surface area contributed by atoms with Gasteiger partial charge in [-0.2, -0.15) is 13.2 Å². The number of rotatable bonds is 5. The van der Waals surface area contributed by atoms with Crippen LogP contribution in [0.3, 0.4) is 0 Å². The molecule has 1 fully saturated rings. The normalized spacial score (nSPS) is 14.4. The number of halogens is 3. The Balaban J connectivity index is 1.36. The standard InChI is InChI=1S/C26H25F3N4O2/c27-26(28,29)22-10-5-4-9-21(22)25(35)31-20-11-12-23(30-18-20)32-13-6-14-33(16-15-32)24(34)17-19-7-2-1-3-8-19/h1-5,7-12,18H,6,13-17H2,(H,31,35). The fourth-order valence-electron chi connectivity index (χ4n) is 4.05. The Bertz CT molecular complexity index is 1170. The molecule has 0 radical (unpaired) electrons. The second kappa shape index (κ2) is 10.6. The summed E-state index contributed by atoms with van der Waals surface area (Å²) in [4.78, 5) is 33.5. The molecule has 0 atom stereocenters.